The molecule has 2 aromatic rings. The third-order valence-corrected chi connectivity index (χ3v) is 4.13. The topological polar surface area (TPSA) is 26.2 Å². The largest absolute Gasteiger partial charge is 0.383 e. The second-order valence-electron chi connectivity index (χ2n) is 5.83. The Labute approximate surface area is 128 Å². The van der Waals surface area contributed by atoms with E-state index in [9.17, 15) is 0 Å². The third kappa shape index (κ3) is 4.32. The van der Waals surface area contributed by atoms with Gasteiger partial charge in [-0.15, -0.1) is 0 Å². The van der Waals surface area contributed by atoms with Gasteiger partial charge in [-0.3, -0.25) is 0 Å². The van der Waals surface area contributed by atoms with Crippen molar-refractivity contribution < 1.29 is 4.74 Å². The van der Waals surface area contributed by atoms with Crippen molar-refractivity contribution in [3.05, 3.63) is 36.0 Å². The van der Waals surface area contributed by atoms with Crippen LogP contribution in [0.2, 0.25) is 0 Å². The van der Waals surface area contributed by atoms with Crippen LogP contribution < -0.4 is 5.32 Å². The number of fused-ring (bicyclic) bond motifs is 1. The van der Waals surface area contributed by atoms with E-state index in [-0.39, 0.29) is 0 Å². The average Bonchev–Trinajstić information content (AvgIpc) is 2.85. The van der Waals surface area contributed by atoms with Crippen molar-refractivity contribution in [1.29, 1.82) is 0 Å². The molecule has 1 aromatic heterocycles. The molecular weight excluding hydrogens is 260 g/mol. The van der Waals surface area contributed by atoms with Crippen molar-refractivity contribution >= 4 is 10.9 Å². The second kappa shape index (κ2) is 8.20. The number of methoxy groups -OCH3 is 1. The minimum Gasteiger partial charge on any atom is -0.383 e. The fourth-order valence-electron chi connectivity index (χ4n) is 2.66. The monoisotopic (exact) mass is 288 g/mol. The van der Waals surface area contributed by atoms with Gasteiger partial charge in [-0.25, -0.2) is 0 Å². The van der Waals surface area contributed by atoms with E-state index in [1.54, 1.807) is 7.11 Å². The molecule has 1 heterocycles. The first-order valence-corrected chi connectivity index (χ1v) is 8.02. The molecule has 1 aromatic carbocycles. The Hall–Kier alpha value is -1.32. The summed E-state index contributed by atoms with van der Waals surface area (Å²) in [4.78, 5) is 0. The summed E-state index contributed by atoms with van der Waals surface area (Å²) in [5.41, 5.74) is 2.81. The maximum atomic E-state index is 5.06. The van der Waals surface area contributed by atoms with E-state index in [1.165, 1.54) is 22.9 Å². The Morgan fingerprint density at radius 2 is 2.05 bits per heavy atom. The number of hydrogen-bond acceptors (Lipinski definition) is 2. The van der Waals surface area contributed by atoms with E-state index in [1.807, 2.05) is 0 Å². The van der Waals surface area contributed by atoms with E-state index in [0.29, 0.717) is 5.92 Å². The number of aromatic nitrogens is 1. The van der Waals surface area contributed by atoms with Gasteiger partial charge in [-0.2, -0.15) is 0 Å². The number of nitrogens with zero attached hydrogens (tertiary/aromatic N) is 1. The third-order valence-electron chi connectivity index (χ3n) is 4.13. The van der Waals surface area contributed by atoms with Crippen molar-refractivity contribution in [2.45, 2.75) is 33.2 Å². The molecule has 0 bridgehead atoms. The van der Waals surface area contributed by atoms with Crippen LogP contribution in [0.1, 0.15) is 25.8 Å². The van der Waals surface area contributed by atoms with Crippen LogP contribution in [0.25, 0.3) is 10.9 Å². The standard InChI is InChI=1S/C18H28N2O/c1-4-15(2)13-20-14-16(9-10-19-11-12-21-3)17-7-5-6-8-18(17)20/h5-8,14-15,19H,4,9-13H2,1-3H3. The Bertz CT molecular complexity index is 547. The lowest BCUT2D eigenvalue weighted by Gasteiger charge is -2.10. The highest BCUT2D eigenvalue weighted by Crippen LogP contribution is 2.23. The first kappa shape index (κ1) is 16.1. The van der Waals surface area contributed by atoms with Crippen molar-refractivity contribution in [2.24, 2.45) is 5.92 Å². The summed E-state index contributed by atoms with van der Waals surface area (Å²) in [7, 11) is 1.74. The molecule has 0 saturated heterocycles. The molecule has 0 aliphatic carbocycles. The molecule has 0 amide bonds. The van der Waals surface area contributed by atoms with Gasteiger partial charge in [0.1, 0.15) is 0 Å². The summed E-state index contributed by atoms with van der Waals surface area (Å²) < 4.78 is 7.48. The van der Waals surface area contributed by atoms with Gasteiger partial charge in [0.25, 0.3) is 0 Å². The van der Waals surface area contributed by atoms with Gasteiger partial charge in [0.05, 0.1) is 6.61 Å². The summed E-state index contributed by atoms with van der Waals surface area (Å²) in [6.07, 6.45) is 4.63. The molecule has 116 valence electrons. The molecule has 0 fully saturated rings. The lowest BCUT2D eigenvalue weighted by atomic mass is 10.1. The first-order chi connectivity index (χ1) is 10.3. The van der Waals surface area contributed by atoms with Crippen LogP contribution >= 0.6 is 0 Å². The van der Waals surface area contributed by atoms with Gasteiger partial charge < -0.3 is 14.6 Å². The van der Waals surface area contributed by atoms with Gasteiger partial charge in [-0.1, -0.05) is 38.5 Å². The van der Waals surface area contributed by atoms with E-state index in [2.05, 4.69) is 54.2 Å². The van der Waals surface area contributed by atoms with Gasteiger partial charge >= 0.3 is 0 Å². The minimum atomic E-state index is 0.716. The molecule has 0 spiro atoms. The van der Waals surface area contributed by atoms with E-state index in [0.717, 1.165) is 32.7 Å². The number of para-hydroxylation sites is 1. The lowest BCUT2D eigenvalue weighted by Crippen LogP contribution is -2.21. The quantitative estimate of drug-likeness (QED) is 0.715. The van der Waals surface area contributed by atoms with Crippen molar-refractivity contribution in [1.82, 2.24) is 9.88 Å². The zero-order valence-corrected chi connectivity index (χ0v) is 13.6. The van der Waals surface area contributed by atoms with Gasteiger partial charge in [0.2, 0.25) is 0 Å². The summed E-state index contributed by atoms with van der Waals surface area (Å²) in [5, 5.41) is 4.82. The maximum absolute atomic E-state index is 5.06. The molecule has 2 rings (SSSR count). The predicted molar refractivity (Wildman–Crippen MR) is 89.8 cm³/mol. The van der Waals surface area contributed by atoms with Crippen LogP contribution in [0.15, 0.2) is 30.5 Å². The molecule has 3 nitrogen and oxygen atoms in total. The summed E-state index contributed by atoms with van der Waals surface area (Å²) in [6.45, 7) is 8.38. The van der Waals surface area contributed by atoms with Gasteiger partial charge in [0.15, 0.2) is 0 Å². The minimum absolute atomic E-state index is 0.716. The summed E-state index contributed by atoms with van der Waals surface area (Å²) in [6, 6.07) is 8.75. The van der Waals surface area contributed by atoms with Crippen molar-refractivity contribution in [3.8, 4) is 0 Å². The highest BCUT2D eigenvalue weighted by atomic mass is 16.5. The molecule has 1 atom stereocenters. The van der Waals surface area contributed by atoms with Crippen LogP contribution in [0.5, 0.6) is 0 Å². The normalized spacial score (nSPS) is 12.9. The SMILES string of the molecule is CCC(C)Cn1cc(CCNCCOC)c2ccccc21. The Morgan fingerprint density at radius 1 is 1.24 bits per heavy atom. The van der Waals surface area contributed by atoms with E-state index in [4.69, 9.17) is 4.74 Å². The Morgan fingerprint density at radius 3 is 2.81 bits per heavy atom. The average molecular weight is 288 g/mol. The van der Waals surface area contributed by atoms with Crippen molar-refractivity contribution in [2.75, 3.05) is 26.8 Å². The predicted octanol–water partition coefficient (Wildman–Crippen LogP) is 3.47. The fraction of sp³-hybridized carbons (Fsp3) is 0.556. The molecule has 0 saturated carbocycles. The molecule has 1 unspecified atom stereocenters. The van der Waals surface area contributed by atoms with Crippen LogP contribution in [-0.4, -0.2) is 31.4 Å². The molecule has 1 N–H and O–H groups in total. The molecule has 3 heteroatoms. The van der Waals surface area contributed by atoms with Crippen LogP contribution in [0.3, 0.4) is 0 Å². The summed E-state index contributed by atoms with van der Waals surface area (Å²) in [5.74, 6) is 0.716. The van der Waals surface area contributed by atoms with Gasteiger partial charge in [-0.05, 0) is 30.5 Å². The number of hydrogen-bond donors (Lipinski definition) is 1. The van der Waals surface area contributed by atoms with Crippen LogP contribution in [0, 0.1) is 5.92 Å². The lowest BCUT2D eigenvalue weighted by molar-refractivity contribution is 0.199. The maximum Gasteiger partial charge on any atom is 0.0587 e. The van der Waals surface area contributed by atoms with Crippen molar-refractivity contribution in [3.63, 3.8) is 0 Å². The molecule has 0 aliphatic heterocycles. The van der Waals surface area contributed by atoms with Crippen LogP contribution in [0.4, 0.5) is 0 Å². The fourth-order valence-corrected chi connectivity index (χ4v) is 2.66. The number of rotatable bonds is 9. The van der Waals surface area contributed by atoms with Crippen LogP contribution in [-0.2, 0) is 17.7 Å². The number of nitrogens with one attached hydrogen (secondary N) is 1. The Balaban J connectivity index is 2.08. The zero-order valence-electron chi connectivity index (χ0n) is 13.6. The number of benzene rings is 1. The molecule has 0 aliphatic rings. The van der Waals surface area contributed by atoms with E-state index < -0.39 is 0 Å². The highest BCUT2D eigenvalue weighted by molar-refractivity contribution is 5.84. The smallest absolute Gasteiger partial charge is 0.0587 e. The molecule has 0 radical (unpaired) electrons. The zero-order chi connectivity index (χ0) is 15.1. The Kier molecular flexibility index (Phi) is 6.27. The molecule has 21 heavy (non-hydrogen) atoms. The second-order valence-corrected chi connectivity index (χ2v) is 5.83. The molecular formula is C18H28N2O. The summed E-state index contributed by atoms with van der Waals surface area (Å²) >= 11 is 0. The highest BCUT2D eigenvalue weighted by Gasteiger charge is 2.09. The van der Waals surface area contributed by atoms with E-state index >= 15 is 0 Å². The van der Waals surface area contributed by atoms with Gasteiger partial charge in [0, 0.05) is 37.3 Å². The first-order valence-electron chi connectivity index (χ1n) is 8.02. The number of ether oxygens (including phenoxy) is 1.